The van der Waals surface area contributed by atoms with E-state index < -0.39 is 31.2 Å². The Morgan fingerprint density at radius 1 is 1.00 bits per heavy atom. The Kier molecular flexibility index (Phi) is 6.86. The van der Waals surface area contributed by atoms with Crippen molar-refractivity contribution >= 4 is 0 Å². The first-order valence-corrected chi connectivity index (χ1v) is 6.07. The molecule has 0 heterocycles. The average molecular weight is 288 g/mol. The molecule has 1 rings (SSSR count). The van der Waals surface area contributed by atoms with E-state index in [1.807, 2.05) is 0 Å². The Morgan fingerprint density at radius 2 is 1.60 bits per heavy atom. The van der Waals surface area contributed by atoms with Crippen LogP contribution >= 0.6 is 0 Å². The minimum absolute atomic E-state index is 0.115. The van der Waals surface area contributed by atoms with Crippen LogP contribution in [0.25, 0.3) is 0 Å². The van der Waals surface area contributed by atoms with Crippen molar-refractivity contribution in [1.29, 1.82) is 0 Å². The van der Waals surface area contributed by atoms with Crippen LogP contribution in [0.15, 0.2) is 24.3 Å². The van der Waals surface area contributed by atoms with Gasteiger partial charge in [-0.25, -0.2) is 0 Å². The fourth-order valence-electron chi connectivity index (χ4n) is 1.59. The van der Waals surface area contributed by atoms with Crippen molar-refractivity contribution in [2.45, 2.75) is 31.2 Å². The third kappa shape index (κ3) is 4.41. The van der Waals surface area contributed by atoms with E-state index in [1.165, 1.54) is 19.2 Å². The molecule has 114 valence electrons. The Labute approximate surface area is 116 Å². The fraction of sp³-hybridized carbons (Fsp3) is 0.538. The third-order valence-corrected chi connectivity index (χ3v) is 2.87. The van der Waals surface area contributed by atoms with E-state index in [4.69, 9.17) is 19.7 Å². The van der Waals surface area contributed by atoms with Crippen LogP contribution in [0, 0.1) is 0 Å². The van der Waals surface area contributed by atoms with Crippen molar-refractivity contribution in [2.75, 3.05) is 13.7 Å². The largest absolute Gasteiger partial charge is 0.462 e. The summed E-state index contributed by atoms with van der Waals surface area (Å²) in [7, 11) is 1.26. The molecule has 7 nitrogen and oxygen atoms in total. The van der Waals surface area contributed by atoms with E-state index in [9.17, 15) is 15.3 Å². The molecule has 0 saturated carbocycles. The molecular formula is C13H20O7. The highest BCUT2D eigenvalue weighted by Crippen LogP contribution is 2.16. The fourth-order valence-corrected chi connectivity index (χ4v) is 1.59. The van der Waals surface area contributed by atoms with Gasteiger partial charge < -0.3 is 35.0 Å². The lowest BCUT2D eigenvalue weighted by atomic mass is 10.1. The van der Waals surface area contributed by atoms with Gasteiger partial charge in [-0.1, -0.05) is 12.1 Å². The molecule has 20 heavy (non-hydrogen) atoms. The molecule has 0 aliphatic rings. The predicted octanol–water partition coefficient (Wildman–Crippen LogP) is -1.39. The van der Waals surface area contributed by atoms with Crippen LogP contribution in [0.1, 0.15) is 5.56 Å². The zero-order valence-corrected chi connectivity index (χ0v) is 11.1. The molecule has 7 heteroatoms. The standard InChI is InChI=1S/C13H20O7/c1-19-10(7-15)11(16)12(17)13(18)20-9-4-2-8(6-14)3-5-9/h2-5,10-18H,6-7H2,1H3. The van der Waals surface area contributed by atoms with Crippen LogP contribution in [0.4, 0.5) is 0 Å². The van der Waals surface area contributed by atoms with Gasteiger partial charge >= 0.3 is 0 Å². The second-order valence-corrected chi connectivity index (χ2v) is 4.25. The van der Waals surface area contributed by atoms with Crippen molar-refractivity contribution < 1.29 is 35.0 Å². The van der Waals surface area contributed by atoms with Gasteiger partial charge in [0.1, 0.15) is 24.1 Å². The smallest absolute Gasteiger partial charge is 0.226 e. The summed E-state index contributed by atoms with van der Waals surface area (Å²) in [5.41, 5.74) is 0.673. The first kappa shape index (κ1) is 16.8. The summed E-state index contributed by atoms with van der Waals surface area (Å²) in [5, 5.41) is 46.9. The van der Waals surface area contributed by atoms with Gasteiger partial charge in [0.05, 0.1) is 13.2 Å². The van der Waals surface area contributed by atoms with Crippen LogP contribution in [0.2, 0.25) is 0 Å². The van der Waals surface area contributed by atoms with Crippen molar-refractivity contribution in [3.63, 3.8) is 0 Å². The van der Waals surface area contributed by atoms with Gasteiger partial charge in [0, 0.05) is 7.11 Å². The number of methoxy groups -OCH3 is 1. The molecule has 0 fully saturated rings. The van der Waals surface area contributed by atoms with Crippen LogP contribution in [0.5, 0.6) is 5.75 Å². The lowest BCUT2D eigenvalue weighted by molar-refractivity contribution is -0.174. The van der Waals surface area contributed by atoms with Gasteiger partial charge in [-0.3, -0.25) is 0 Å². The zero-order chi connectivity index (χ0) is 15.1. The minimum atomic E-state index is -1.69. The van der Waals surface area contributed by atoms with Crippen molar-refractivity contribution in [3.05, 3.63) is 29.8 Å². The van der Waals surface area contributed by atoms with E-state index in [2.05, 4.69) is 0 Å². The van der Waals surface area contributed by atoms with Gasteiger partial charge in [0.15, 0.2) is 0 Å². The number of hydrogen-bond acceptors (Lipinski definition) is 7. The van der Waals surface area contributed by atoms with Gasteiger partial charge in [-0.2, -0.15) is 0 Å². The van der Waals surface area contributed by atoms with Crippen LogP contribution in [0.3, 0.4) is 0 Å². The molecule has 0 aromatic heterocycles. The second-order valence-electron chi connectivity index (χ2n) is 4.25. The summed E-state index contributed by atoms with van der Waals surface area (Å²) < 4.78 is 9.82. The Bertz CT molecular complexity index is 377. The summed E-state index contributed by atoms with van der Waals surface area (Å²) >= 11 is 0. The number of rotatable bonds is 8. The summed E-state index contributed by atoms with van der Waals surface area (Å²) in [6.45, 7) is -0.622. The average Bonchev–Trinajstić information content (AvgIpc) is 2.48. The third-order valence-electron chi connectivity index (χ3n) is 2.87. The zero-order valence-electron chi connectivity index (χ0n) is 11.1. The molecule has 1 aromatic rings. The van der Waals surface area contributed by atoms with E-state index in [0.29, 0.717) is 5.56 Å². The minimum Gasteiger partial charge on any atom is -0.462 e. The molecule has 1 aromatic carbocycles. The predicted molar refractivity (Wildman–Crippen MR) is 68.9 cm³/mol. The molecule has 0 radical (unpaired) electrons. The van der Waals surface area contributed by atoms with Gasteiger partial charge in [0.2, 0.25) is 6.29 Å². The lowest BCUT2D eigenvalue weighted by Gasteiger charge is -2.27. The van der Waals surface area contributed by atoms with Crippen molar-refractivity contribution in [3.8, 4) is 5.75 Å². The van der Waals surface area contributed by atoms with Crippen molar-refractivity contribution in [1.82, 2.24) is 0 Å². The maximum Gasteiger partial charge on any atom is 0.226 e. The topological polar surface area (TPSA) is 120 Å². The first-order chi connectivity index (χ1) is 9.53. The number of benzene rings is 1. The molecule has 0 spiro atoms. The maximum atomic E-state index is 9.72. The van der Waals surface area contributed by atoms with Gasteiger partial charge in [0.25, 0.3) is 0 Å². The van der Waals surface area contributed by atoms with Gasteiger partial charge in [-0.05, 0) is 17.7 Å². The molecule has 5 N–H and O–H groups in total. The SMILES string of the molecule is COC(CO)C(O)C(O)C(O)Oc1ccc(CO)cc1. The normalized spacial score (nSPS) is 17.3. The molecule has 4 unspecified atom stereocenters. The molecule has 0 bridgehead atoms. The van der Waals surface area contributed by atoms with Crippen LogP contribution in [-0.4, -0.2) is 63.9 Å². The number of ether oxygens (including phenoxy) is 2. The Hall–Kier alpha value is -1.22. The molecule has 0 saturated heterocycles. The first-order valence-electron chi connectivity index (χ1n) is 6.07. The van der Waals surface area contributed by atoms with Crippen LogP contribution in [-0.2, 0) is 11.3 Å². The highest BCUT2D eigenvalue weighted by Gasteiger charge is 2.32. The van der Waals surface area contributed by atoms with E-state index in [-0.39, 0.29) is 12.4 Å². The molecule has 0 amide bonds. The summed E-state index contributed by atoms with van der Waals surface area (Å²) in [4.78, 5) is 0. The van der Waals surface area contributed by atoms with Crippen LogP contribution < -0.4 is 4.74 Å². The Morgan fingerprint density at radius 3 is 2.05 bits per heavy atom. The van der Waals surface area contributed by atoms with E-state index in [0.717, 1.165) is 0 Å². The number of aliphatic hydroxyl groups excluding tert-OH is 5. The van der Waals surface area contributed by atoms with E-state index >= 15 is 0 Å². The number of hydrogen-bond donors (Lipinski definition) is 5. The van der Waals surface area contributed by atoms with E-state index in [1.54, 1.807) is 12.1 Å². The second kappa shape index (κ2) is 8.15. The number of aliphatic hydroxyl groups is 5. The quantitative estimate of drug-likeness (QED) is 0.373. The monoisotopic (exact) mass is 288 g/mol. The lowest BCUT2D eigenvalue weighted by Crippen LogP contribution is -2.48. The molecule has 0 aliphatic carbocycles. The highest BCUT2D eigenvalue weighted by atomic mass is 16.6. The Balaban J connectivity index is 2.61. The summed E-state index contributed by atoms with van der Waals surface area (Å²) in [6.07, 6.45) is -5.87. The summed E-state index contributed by atoms with van der Waals surface area (Å²) in [5.74, 6) is 0.263. The maximum absolute atomic E-state index is 9.72. The van der Waals surface area contributed by atoms with Gasteiger partial charge in [-0.15, -0.1) is 0 Å². The molecule has 4 atom stereocenters. The summed E-state index contributed by atoms with van der Waals surface area (Å²) in [6, 6.07) is 6.20. The van der Waals surface area contributed by atoms with Crippen molar-refractivity contribution in [2.24, 2.45) is 0 Å². The molecule has 0 aliphatic heterocycles. The highest BCUT2D eigenvalue weighted by molar-refractivity contribution is 5.26. The molecular weight excluding hydrogens is 268 g/mol.